The first-order chi connectivity index (χ1) is 19.4. The molecule has 41 heavy (non-hydrogen) atoms. The van der Waals surface area contributed by atoms with Crippen LogP contribution < -0.4 is 16.2 Å². The van der Waals surface area contributed by atoms with Gasteiger partial charge in [-0.15, -0.1) is 0 Å². The highest BCUT2D eigenvalue weighted by Crippen LogP contribution is 2.29. The zero-order chi connectivity index (χ0) is 29.7. The molecule has 0 saturated carbocycles. The van der Waals surface area contributed by atoms with Crippen LogP contribution in [0.15, 0.2) is 65.6 Å². The molecule has 1 aliphatic carbocycles. The molecule has 216 valence electrons. The predicted molar refractivity (Wildman–Crippen MR) is 156 cm³/mol. The molecule has 0 fully saturated rings. The lowest BCUT2D eigenvalue weighted by atomic mass is 9.88. The lowest BCUT2D eigenvalue weighted by Gasteiger charge is -2.28. The molecule has 0 saturated heterocycles. The number of anilines is 1. The second kappa shape index (κ2) is 12.4. The molecule has 0 aliphatic heterocycles. The van der Waals surface area contributed by atoms with Gasteiger partial charge in [0, 0.05) is 7.05 Å². The van der Waals surface area contributed by atoms with E-state index in [2.05, 4.69) is 21.7 Å². The van der Waals surface area contributed by atoms with Crippen molar-refractivity contribution in [3.05, 3.63) is 82.3 Å². The summed E-state index contributed by atoms with van der Waals surface area (Å²) >= 11 is 0. The number of nitrogens with zero attached hydrogens (tertiary/aromatic N) is 3. The first kappa shape index (κ1) is 29.5. The first-order valence-electron chi connectivity index (χ1n) is 13.7. The van der Waals surface area contributed by atoms with Crippen molar-refractivity contribution < 1.29 is 19.1 Å². The highest BCUT2D eigenvalue weighted by molar-refractivity contribution is 5.95. The number of rotatable bonds is 7. The number of carbonyl (C=O) groups is 3. The summed E-state index contributed by atoms with van der Waals surface area (Å²) in [5.41, 5.74) is 2.07. The van der Waals surface area contributed by atoms with E-state index in [4.69, 9.17) is 4.74 Å². The predicted octanol–water partition coefficient (Wildman–Crippen LogP) is 4.30. The number of aryl methyl sites for hydroxylation is 1. The molecule has 0 spiro atoms. The Bertz CT molecular complexity index is 1480. The highest BCUT2D eigenvalue weighted by atomic mass is 16.6. The summed E-state index contributed by atoms with van der Waals surface area (Å²) in [5.74, 6) is -1.19. The van der Waals surface area contributed by atoms with E-state index in [1.807, 2.05) is 48.5 Å². The lowest BCUT2D eigenvalue weighted by Crippen LogP contribution is -2.46. The number of carbonyl (C=O) groups excluding carboxylic acids is 3. The topological polar surface area (TPSA) is 123 Å². The van der Waals surface area contributed by atoms with Gasteiger partial charge in [-0.05, 0) is 63.6 Å². The number of amides is 3. The van der Waals surface area contributed by atoms with Crippen LogP contribution in [-0.2, 0) is 27.3 Å². The molecule has 0 radical (unpaired) electrons. The average Bonchev–Trinajstić information content (AvgIpc) is 2.94. The van der Waals surface area contributed by atoms with Crippen LogP contribution in [0.25, 0.3) is 11.3 Å². The van der Waals surface area contributed by atoms with Crippen LogP contribution in [0, 0.1) is 0 Å². The third-order valence-corrected chi connectivity index (χ3v) is 7.01. The van der Waals surface area contributed by atoms with Gasteiger partial charge in [-0.25, -0.2) is 9.78 Å². The maximum absolute atomic E-state index is 13.6. The molecule has 10 heteroatoms. The van der Waals surface area contributed by atoms with Gasteiger partial charge < -0.3 is 15.4 Å². The van der Waals surface area contributed by atoms with Crippen LogP contribution in [0.5, 0.6) is 0 Å². The van der Waals surface area contributed by atoms with Crippen LogP contribution in [0.1, 0.15) is 57.7 Å². The van der Waals surface area contributed by atoms with Crippen molar-refractivity contribution in [1.82, 2.24) is 19.8 Å². The highest BCUT2D eigenvalue weighted by Gasteiger charge is 2.28. The Kier molecular flexibility index (Phi) is 8.90. The molecule has 10 nitrogen and oxygen atoms in total. The molecular formula is C31H37N5O5. The van der Waals surface area contributed by atoms with Gasteiger partial charge in [0.25, 0.3) is 5.56 Å². The number of aromatic nitrogens is 2. The molecule has 1 aliphatic rings. The zero-order valence-electron chi connectivity index (χ0n) is 24.1. The van der Waals surface area contributed by atoms with Gasteiger partial charge >= 0.3 is 6.09 Å². The summed E-state index contributed by atoms with van der Waals surface area (Å²) in [6.45, 7) is 6.44. The Balaban J connectivity index is 1.58. The van der Waals surface area contributed by atoms with Crippen molar-refractivity contribution in [3.8, 4) is 11.3 Å². The van der Waals surface area contributed by atoms with Gasteiger partial charge in [-0.3, -0.25) is 23.9 Å². The molecule has 0 bridgehead atoms. The van der Waals surface area contributed by atoms with Crippen LogP contribution >= 0.6 is 0 Å². The fourth-order valence-electron chi connectivity index (χ4n) is 4.75. The molecule has 0 unspecified atom stereocenters. The second-order valence-electron chi connectivity index (χ2n) is 11.2. The van der Waals surface area contributed by atoms with E-state index < -0.39 is 29.2 Å². The fraction of sp³-hybridized carbons (Fsp3) is 0.387. The molecular weight excluding hydrogens is 522 g/mol. The Morgan fingerprint density at radius 2 is 1.78 bits per heavy atom. The van der Waals surface area contributed by atoms with Gasteiger partial charge in [0.1, 0.15) is 18.2 Å². The largest absolute Gasteiger partial charge is 0.444 e. The van der Waals surface area contributed by atoms with Crippen molar-refractivity contribution in [2.45, 2.75) is 71.2 Å². The minimum Gasteiger partial charge on any atom is -0.444 e. The summed E-state index contributed by atoms with van der Waals surface area (Å²) < 4.78 is 6.65. The lowest BCUT2D eigenvalue weighted by molar-refractivity contribution is -0.122. The van der Waals surface area contributed by atoms with Crippen LogP contribution in [0.2, 0.25) is 0 Å². The molecule has 1 heterocycles. The van der Waals surface area contributed by atoms with E-state index in [1.54, 1.807) is 20.8 Å². The van der Waals surface area contributed by atoms with Crippen molar-refractivity contribution >= 4 is 23.7 Å². The zero-order valence-corrected chi connectivity index (χ0v) is 24.1. The average molecular weight is 560 g/mol. The van der Waals surface area contributed by atoms with Crippen molar-refractivity contribution in [2.24, 2.45) is 0 Å². The Morgan fingerprint density at radius 1 is 1.10 bits per heavy atom. The quantitative estimate of drug-likeness (QED) is 0.445. The van der Waals surface area contributed by atoms with Crippen LogP contribution in [0.4, 0.5) is 10.6 Å². The summed E-state index contributed by atoms with van der Waals surface area (Å²) in [5, 5.41) is 5.62. The fourth-order valence-corrected chi connectivity index (χ4v) is 4.75. The van der Waals surface area contributed by atoms with E-state index in [0.717, 1.165) is 29.7 Å². The van der Waals surface area contributed by atoms with E-state index in [1.165, 1.54) is 30.3 Å². The third-order valence-electron chi connectivity index (χ3n) is 7.01. The maximum Gasteiger partial charge on any atom is 0.410 e. The van der Waals surface area contributed by atoms with Crippen LogP contribution in [-0.4, -0.2) is 51.0 Å². The van der Waals surface area contributed by atoms with E-state index in [9.17, 15) is 19.2 Å². The van der Waals surface area contributed by atoms with Crippen LogP contribution in [0.3, 0.4) is 0 Å². The Hall–Kier alpha value is -4.47. The smallest absolute Gasteiger partial charge is 0.410 e. The maximum atomic E-state index is 13.6. The number of ether oxygens (including phenoxy) is 1. The SMILES string of the molecule is C[C@@H](C(=O)Nc1ncc(-c2ccccc2)n(CC(=O)N[C@@H]2CCCc3ccccc32)c1=O)N(C)C(=O)OC(C)(C)C. The minimum atomic E-state index is -0.956. The Labute approximate surface area is 239 Å². The minimum absolute atomic E-state index is 0.145. The van der Waals surface area contributed by atoms with Gasteiger partial charge in [-0.2, -0.15) is 0 Å². The number of benzene rings is 2. The van der Waals surface area contributed by atoms with Crippen molar-refractivity contribution in [1.29, 1.82) is 0 Å². The normalized spacial score (nSPS) is 15.3. The monoisotopic (exact) mass is 559 g/mol. The first-order valence-corrected chi connectivity index (χ1v) is 13.7. The number of hydrogen-bond donors (Lipinski definition) is 2. The molecule has 4 rings (SSSR count). The molecule has 3 aromatic rings. The van der Waals surface area contributed by atoms with Gasteiger partial charge in [-0.1, -0.05) is 54.6 Å². The van der Waals surface area contributed by atoms with Gasteiger partial charge in [0.05, 0.1) is 17.9 Å². The van der Waals surface area contributed by atoms with E-state index in [0.29, 0.717) is 11.3 Å². The molecule has 2 N–H and O–H groups in total. The van der Waals surface area contributed by atoms with Crippen molar-refractivity contribution in [2.75, 3.05) is 12.4 Å². The number of fused-ring (bicyclic) bond motifs is 1. The molecule has 2 atom stereocenters. The summed E-state index contributed by atoms with van der Waals surface area (Å²) in [7, 11) is 1.44. The van der Waals surface area contributed by atoms with E-state index >= 15 is 0 Å². The molecule has 1 aromatic heterocycles. The number of likely N-dealkylation sites (N-methyl/N-ethyl adjacent to an activating group) is 1. The third kappa shape index (κ3) is 7.19. The van der Waals surface area contributed by atoms with E-state index in [-0.39, 0.29) is 24.3 Å². The summed E-state index contributed by atoms with van der Waals surface area (Å²) in [4.78, 5) is 57.8. The van der Waals surface area contributed by atoms with Crippen molar-refractivity contribution in [3.63, 3.8) is 0 Å². The van der Waals surface area contributed by atoms with Gasteiger partial charge in [0.2, 0.25) is 11.8 Å². The molecule has 3 amide bonds. The summed E-state index contributed by atoms with van der Waals surface area (Å²) in [6.07, 6.45) is 3.51. The van der Waals surface area contributed by atoms with Gasteiger partial charge in [0.15, 0.2) is 5.82 Å². The number of nitrogens with one attached hydrogen (secondary N) is 2. The Morgan fingerprint density at radius 3 is 2.49 bits per heavy atom. The molecule has 2 aromatic carbocycles. The second-order valence-corrected chi connectivity index (χ2v) is 11.2. The summed E-state index contributed by atoms with van der Waals surface area (Å²) in [6, 6.07) is 16.1. The number of hydrogen-bond acceptors (Lipinski definition) is 6. The standard InChI is InChI=1S/C31H37N5O5/c1-20(35(5)30(40)41-31(2,3)4)28(38)34-27-29(39)36(25(18-32-27)22-13-7-6-8-14-22)19-26(37)33-24-17-11-15-21-12-9-10-16-23(21)24/h6-10,12-14,16,18,20,24H,11,15,17,19H2,1-5H3,(H,33,37)(H,32,34,38)/t20-,24+/m0/s1.